The van der Waals surface area contributed by atoms with Gasteiger partial charge < -0.3 is 15.2 Å². The lowest BCUT2D eigenvalue weighted by Gasteiger charge is -2.35. The normalized spacial score (nSPS) is 23.2. The molecule has 5 heteroatoms. The van der Waals surface area contributed by atoms with Crippen LogP contribution in [0.2, 0.25) is 0 Å². The zero-order valence-electron chi connectivity index (χ0n) is 12.0. The predicted molar refractivity (Wildman–Crippen MR) is 71.7 cm³/mol. The number of carbonyl (C=O) groups is 1. The third-order valence-corrected chi connectivity index (χ3v) is 3.62. The summed E-state index contributed by atoms with van der Waals surface area (Å²) < 4.78 is 5.43. The van der Waals surface area contributed by atoms with Crippen molar-refractivity contribution in [2.45, 2.75) is 46.1 Å². The van der Waals surface area contributed by atoms with Crippen LogP contribution in [0, 0.1) is 28.6 Å². The van der Waals surface area contributed by atoms with Crippen LogP contribution in [0.5, 0.6) is 0 Å². The Morgan fingerprint density at radius 1 is 1.58 bits per heavy atom. The van der Waals surface area contributed by atoms with E-state index in [0.717, 1.165) is 19.4 Å². The third kappa shape index (κ3) is 5.07. The molecule has 19 heavy (non-hydrogen) atoms. The van der Waals surface area contributed by atoms with Gasteiger partial charge in [0.1, 0.15) is 0 Å². The summed E-state index contributed by atoms with van der Waals surface area (Å²) in [6.07, 6.45) is 1.70. The van der Waals surface area contributed by atoms with Gasteiger partial charge in [0.2, 0.25) is 0 Å². The minimum Gasteiger partial charge on any atom is -0.465 e. The van der Waals surface area contributed by atoms with Gasteiger partial charge in [-0.3, -0.25) is 0 Å². The molecule has 1 amide bonds. The number of hydrogen-bond acceptors (Lipinski definition) is 3. The second-order valence-electron chi connectivity index (χ2n) is 6.35. The Kier molecular flexibility index (Phi) is 5.61. The van der Waals surface area contributed by atoms with Gasteiger partial charge in [-0.1, -0.05) is 20.8 Å². The fourth-order valence-corrected chi connectivity index (χ4v) is 2.67. The fourth-order valence-electron chi connectivity index (χ4n) is 2.67. The van der Waals surface area contributed by atoms with Gasteiger partial charge in [0, 0.05) is 13.2 Å². The minimum absolute atomic E-state index is 0.283. The number of hydrogen-bond donors (Lipinski definition) is 2. The van der Waals surface area contributed by atoms with Crippen molar-refractivity contribution in [3.8, 4) is 6.07 Å². The summed E-state index contributed by atoms with van der Waals surface area (Å²) in [7, 11) is 0. The Bertz CT molecular complexity index is 338. The van der Waals surface area contributed by atoms with Gasteiger partial charge in [-0.15, -0.1) is 0 Å². The summed E-state index contributed by atoms with van der Waals surface area (Å²) in [6.45, 7) is 7.34. The Morgan fingerprint density at radius 3 is 2.68 bits per heavy atom. The SMILES string of the molecule is CC(C)(C)C(NC(=O)O)C(C#N)C[C@@H]1CCCOC1. The monoisotopic (exact) mass is 268 g/mol. The van der Waals surface area contributed by atoms with Crippen molar-refractivity contribution in [3.05, 3.63) is 0 Å². The summed E-state index contributed by atoms with van der Waals surface area (Å²) in [5.41, 5.74) is -0.283. The van der Waals surface area contributed by atoms with E-state index in [4.69, 9.17) is 9.84 Å². The van der Waals surface area contributed by atoms with E-state index in [-0.39, 0.29) is 17.4 Å². The number of carboxylic acid groups (broad SMARTS) is 1. The second-order valence-corrected chi connectivity index (χ2v) is 6.35. The summed E-state index contributed by atoms with van der Waals surface area (Å²) in [4.78, 5) is 10.9. The number of ether oxygens (including phenoxy) is 1. The number of amides is 1. The van der Waals surface area contributed by atoms with Gasteiger partial charge in [0.05, 0.1) is 18.0 Å². The molecule has 1 aliphatic heterocycles. The Morgan fingerprint density at radius 2 is 2.26 bits per heavy atom. The molecule has 0 aromatic heterocycles. The van der Waals surface area contributed by atoms with Gasteiger partial charge in [-0.25, -0.2) is 4.79 Å². The molecule has 0 radical (unpaired) electrons. The van der Waals surface area contributed by atoms with Gasteiger partial charge in [0.25, 0.3) is 0 Å². The number of nitriles is 1. The summed E-state index contributed by atoms with van der Waals surface area (Å²) in [5, 5.41) is 20.8. The zero-order chi connectivity index (χ0) is 14.5. The maximum atomic E-state index is 10.9. The average molecular weight is 268 g/mol. The van der Waals surface area contributed by atoms with E-state index < -0.39 is 6.09 Å². The molecule has 108 valence electrons. The molecule has 0 saturated carbocycles. The van der Waals surface area contributed by atoms with Gasteiger partial charge >= 0.3 is 6.09 Å². The van der Waals surface area contributed by atoms with E-state index in [0.29, 0.717) is 18.9 Å². The summed E-state index contributed by atoms with van der Waals surface area (Å²) >= 11 is 0. The van der Waals surface area contributed by atoms with E-state index in [9.17, 15) is 10.1 Å². The van der Waals surface area contributed by atoms with Crippen molar-refractivity contribution < 1.29 is 14.6 Å². The van der Waals surface area contributed by atoms with Crippen LogP contribution in [0.1, 0.15) is 40.0 Å². The van der Waals surface area contributed by atoms with Gasteiger partial charge in [-0.05, 0) is 30.6 Å². The molecule has 2 unspecified atom stereocenters. The molecule has 0 aromatic carbocycles. The van der Waals surface area contributed by atoms with E-state index in [1.54, 1.807) is 0 Å². The number of nitrogens with one attached hydrogen (secondary N) is 1. The first-order valence-corrected chi connectivity index (χ1v) is 6.81. The molecule has 1 fully saturated rings. The van der Waals surface area contributed by atoms with Crippen LogP contribution in [-0.2, 0) is 4.74 Å². The molecule has 0 bridgehead atoms. The molecular weight excluding hydrogens is 244 g/mol. The molecule has 1 heterocycles. The molecule has 1 aliphatic rings. The number of nitrogens with zero attached hydrogens (tertiary/aromatic N) is 1. The van der Waals surface area contributed by atoms with Crippen molar-refractivity contribution >= 4 is 6.09 Å². The maximum absolute atomic E-state index is 10.9. The van der Waals surface area contributed by atoms with Crippen LogP contribution in [0.25, 0.3) is 0 Å². The van der Waals surface area contributed by atoms with Crippen LogP contribution in [0.3, 0.4) is 0 Å². The molecule has 1 saturated heterocycles. The van der Waals surface area contributed by atoms with Crippen molar-refractivity contribution in [1.29, 1.82) is 5.26 Å². The fraction of sp³-hybridized carbons (Fsp3) is 0.857. The Hall–Kier alpha value is -1.28. The van der Waals surface area contributed by atoms with Crippen LogP contribution in [-0.4, -0.2) is 30.5 Å². The first-order chi connectivity index (χ1) is 8.84. The van der Waals surface area contributed by atoms with E-state index >= 15 is 0 Å². The standard InChI is InChI=1S/C14H24N2O3/c1-14(2,3)12(16-13(17)18)11(8-15)7-10-5-4-6-19-9-10/h10-12,16H,4-7,9H2,1-3H3,(H,17,18)/t10-,11?,12?/m0/s1. The Balaban J connectivity index is 2.72. The lowest BCUT2D eigenvalue weighted by Crippen LogP contribution is -2.48. The lowest BCUT2D eigenvalue weighted by atomic mass is 9.75. The first-order valence-electron chi connectivity index (χ1n) is 6.81. The van der Waals surface area contributed by atoms with Gasteiger partial charge in [0.15, 0.2) is 0 Å². The van der Waals surface area contributed by atoms with E-state index in [1.165, 1.54) is 0 Å². The van der Waals surface area contributed by atoms with Crippen LogP contribution in [0.15, 0.2) is 0 Å². The highest BCUT2D eigenvalue weighted by Gasteiger charge is 2.35. The van der Waals surface area contributed by atoms with Crippen molar-refractivity contribution in [2.75, 3.05) is 13.2 Å². The highest BCUT2D eigenvalue weighted by molar-refractivity contribution is 5.65. The average Bonchev–Trinajstić information content (AvgIpc) is 2.33. The Labute approximate surface area is 114 Å². The second kappa shape index (κ2) is 6.76. The highest BCUT2D eigenvalue weighted by atomic mass is 16.5. The van der Waals surface area contributed by atoms with Crippen LogP contribution in [0.4, 0.5) is 4.79 Å². The molecule has 2 N–H and O–H groups in total. The van der Waals surface area contributed by atoms with E-state index in [1.807, 2.05) is 20.8 Å². The van der Waals surface area contributed by atoms with Crippen molar-refractivity contribution in [2.24, 2.45) is 17.3 Å². The van der Waals surface area contributed by atoms with Gasteiger partial charge in [-0.2, -0.15) is 5.26 Å². The topological polar surface area (TPSA) is 82.4 Å². The maximum Gasteiger partial charge on any atom is 0.404 e. The van der Waals surface area contributed by atoms with Crippen LogP contribution >= 0.6 is 0 Å². The summed E-state index contributed by atoms with van der Waals surface area (Å²) in [6, 6.07) is 1.92. The minimum atomic E-state index is -1.07. The molecule has 0 aromatic rings. The van der Waals surface area contributed by atoms with Crippen molar-refractivity contribution in [3.63, 3.8) is 0 Å². The highest BCUT2D eigenvalue weighted by Crippen LogP contribution is 2.31. The third-order valence-electron chi connectivity index (χ3n) is 3.62. The molecular formula is C14H24N2O3. The first kappa shape index (κ1) is 15.8. The molecule has 3 atom stereocenters. The summed E-state index contributed by atoms with van der Waals surface area (Å²) in [5.74, 6) is 0.0432. The van der Waals surface area contributed by atoms with E-state index in [2.05, 4.69) is 11.4 Å². The predicted octanol–water partition coefficient (Wildman–Crippen LogP) is 2.63. The van der Waals surface area contributed by atoms with Crippen LogP contribution < -0.4 is 5.32 Å². The molecule has 1 rings (SSSR count). The van der Waals surface area contributed by atoms with Crippen molar-refractivity contribution in [1.82, 2.24) is 5.32 Å². The number of rotatable bonds is 4. The quantitative estimate of drug-likeness (QED) is 0.821. The molecule has 0 spiro atoms. The molecule has 0 aliphatic carbocycles. The zero-order valence-corrected chi connectivity index (χ0v) is 12.0. The lowest BCUT2D eigenvalue weighted by molar-refractivity contribution is 0.0425. The molecule has 5 nitrogen and oxygen atoms in total. The largest absolute Gasteiger partial charge is 0.465 e. The smallest absolute Gasteiger partial charge is 0.404 e.